The monoisotopic (exact) mass is 368 g/mol. The zero-order valence-corrected chi connectivity index (χ0v) is 13.6. The lowest BCUT2D eigenvalue weighted by Gasteiger charge is -2.14. The Balaban J connectivity index is 1.85. The molecule has 3 aromatic rings. The van der Waals surface area contributed by atoms with Crippen LogP contribution in [0.2, 0.25) is 5.02 Å². The van der Waals surface area contributed by atoms with Crippen molar-refractivity contribution in [3.05, 3.63) is 53.4 Å². The summed E-state index contributed by atoms with van der Waals surface area (Å²) in [6.45, 7) is 1.45. The minimum atomic E-state index is -4.56. The number of anilines is 1. The Kier molecular flexibility index (Phi) is 4.38. The summed E-state index contributed by atoms with van der Waals surface area (Å²) in [6.07, 6.45) is -1.89. The van der Waals surface area contributed by atoms with Crippen molar-refractivity contribution in [2.24, 2.45) is 0 Å². The Morgan fingerprint density at radius 2 is 2.04 bits per heavy atom. The van der Waals surface area contributed by atoms with Crippen LogP contribution in [0.4, 0.5) is 18.9 Å². The molecule has 1 atom stereocenters. The zero-order chi connectivity index (χ0) is 18.2. The lowest BCUT2D eigenvalue weighted by atomic mass is 10.2. The molecule has 0 spiro atoms. The molecule has 0 aliphatic rings. The first kappa shape index (κ1) is 17.2. The van der Waals surface area contributed by atoms with Crippen LogP contribution in [0, 0.1) is 0 Å². The number of pyridine rings is 1. The summed E-state index contributed by atoms with van der Waals surface area (Å²) in [5.74, 6) is -0.522. The van der Waals surface area contributed by atoms with E-state index >= 15 is 0 Å². The van der Waals surface area contributed by atoms with Gasteiger partial charge in [-0.15, -0.1) is 0 Å². The summed E-state index contributed by atoms with van der Waals surface area (Å²) in [7, 11) is 0. The summed E-state index contributed by atoms with van der Waals surface area (Å²) in [5, 5.41) is 7.21. The fraction of sp³-hybridized carbons (Fsp3) is 0.188. The average molecular weight is 369 g/mol. The number of aromatic nitrogens is 3. The third-order valence-corrected chi connectivity index (χ3v) is 3.98. The topological polar surface area (TPSA) is 59.8 Å². The van der Waals surface area contributed by atoms with E-state index in [2.05, 4.69) is 15.4 Å². The Morgan fingerprint density at radius 3 is 2.72 bits per heavy atom. The van der Waals surface area contributed by atoms with Crippen LogP contribution in [-0.4, -0.2) is 20.7 Å². The highest BCUT2D eigenvalue weighted by atomic mass is 35.5. The molecular formula is C16H12ClF3N4O. The molecule has 2 heterocycles. The lowest BCUT2D eigenvalue weighted by molar-refractivity contribution is -0.141. The number of hydrogen-bond acceptors (Lipinski definition) is 3. The molecule has 130 valence electrons. The van der Waals surface area contributed by atoms with Gasteiger partial charge in [-0.2, -0.15) is 18.3 Å². The maximum atomic E-state index is 12.6. The summed E-state index contributed by atoms with van der Waals surface area (Å²) in [6, 6.07) is 6.56. The molecule has 0 saturated heterocycles. The highest BCUT2D eigenvalue weighted by molar-refractivity contribution is 6.35. The van der Waals surface area contributed by atoms with Gasteiger partial charge in [0.2, 0.25) is 5.91 Å². The summed E-state index contributed by atoms with van der Waals surface area (Å²) < 4.78 is 38.8. The number of benzene rings is 1. The normalized spacial score (nSPS) is 13.0. The van der Waals surface area contributed by atoms with Crippen molar-refractivity contribution in [1.82, 2.24) is 14.8 Å². The smallest absolute Gasteiger partial charge is 0.322 e. The standard InChI is InChI=1S/C16H12ClF3N4O/c1-9(24-8-6-13(23-24)16(18,19)20)15(25)22-12-5-4-11(17)10-3-2-7-21-14(10)12/h2-9H,1H3,(H,22,25). The van der Waals surface area contributed by atoms with Crippen LogP contribution >= 0.6 is 11.6 Å². The highest BCUT2D eigenvalue weighted by Crippen LogP contribution is 2.29. The van der Waals surface area contributed by atoms with E-state index in [-0.39, 0.29) is 0 Å². The molecule has 25 heavy (non-hydrogen) atoms. The van der Waals surface area contributed by atoms with Crippen LogP contribution in [0.5, 0.6) is 0 Å². The molecule has 0 aliphatic carbocycles. The highest BCUT2D eigenvalue weighted by Gasteiger charge is 2.34. The predicted molar refractivity (Wildman–Crippen MR) is 87.3 cm³/mol. The fourth-order valence-corrected chi connectivity index (χ4v) is 2.52. The largest absolute Gasteiger partial charge is 0.435 e. The number of carbonyl (C=O) groups excluding carboxylic acids is 1. The Labute approximate surface area is 145 Å². The maximum Gasteiger partial charge on any atom is 0.435 e. The van der Waals surface area contributed by atoms with Gasteiger partial charge < -0.3 is 5.32 Å². The predicted octanol–water partition coefficient (Wildman–Crippen LogP) is 4.30. The molecule has 3 rings (SSSR count). The van der Waals surface area contributed by atoms with E-state index < -0.39 is 23.8 Å². The quantitative estimate of drug-likeness (QED) is 0.749. The zero-order valence-electron chi connectivity index (χ0n) is 12.9. The molecule has 1 aromatic carbocycles. The summed E-state index contributed by atoms with van der Waals surface area (Å²) in [4.78, 5) is 16.6. The van der Waals surface area contributed by atoms with Gasteiger partial charge in [-0.05, 0) is 37.3 Å². The van der Waals surface area contributed by atoms with Gasteiger partial charge in [0.05, 0.1) is 16.2 Å². The van der Waals surface area contributed by atoms with E-state index in [9.17, 15) is 18.0 Å². The van der Waals surface area contributed by atoms with Crippen molar-refractivity contribution in [3.8, 4) is 0 Å². The molecule has 1 N–H and O–H groups in total. The van der Waals surface area contributed by atoms with Crippen molar-refractivity contribution in [2.45, 2.75) is 19.1 Å². The fourth-order valence-electron chi connectivity index (χ4n) is 2.30. The van der Waals surface area contributed by atoms with E-state index in [1.54, 1.807) is 30.5 Å². The molecule has 0 bridgehead atoms. The molecule has 0 radical (unpaired) electrons. The number of amides is 1. The van der Waals surface area contributed by atoms with E-state index in [0.29, 0.717) is 21.6 Å². The summed E-state index contributed by atoms with van der Waals surface area (Å²) in [5.41, 5.74) is -0.141. The van der Waals surface area contributed by atoms with Gasteiger partial charge in [0.1, 0.15) is 6.04 Å². The third-order valence-electron chi connectivity index (χ3n) is 3.65. The van der Waals surface area contributed by atoms with E-state index in [4.69, 9.17) is 11.6 Å². The first-order valence-corrected chi connectivity index (χ1v) is 7.61. The molecule has 1 amide bonds. The number of hydrogen-bond donors (Lipinski definition) is 1. The average Bonchev–Trinajstić information content (AvgIpc) is 3.07. The lowest BCUT2D eigenvalue weighted by Crippen LogP contribution is -2.24. The van der Waals surface area contributed by atoms with Gasteiger partial charge in [0.15, 0.2) is 5.69 Å². The maximum absolute atomic E-state index is 12.6. The van der Waals surface area contributed by atoms with Crippen molar-refractivity contribution in [2.75, 3.05) is 5.32 Å². The SMILES string of the molecule is CC(C(=O)Nc1ccc(Cl)c2cccnc12)n1ccc(C(F)(F)F)n1. The van der Waals surface area contributed by atoms with Gasteiger partial charge in [0.25, 0.3) is 0 Å². The van der Waals surface area contributed by atoms with E-state index in [0.717, 1.165) is 16.9 Å². The second-order valence-electron chi connectivity index (χ2n) is 5.34. The van der Waals surface area contributed by atoms with Gasteiger partial charge in [-0.3, -0.25) is 14.5 Å². The number of alkyl halides is 3. The Hall–Kier alpha value is -2.61. The number of fused-ring (bicyclic) bond motifs is 1. The molecule has 0 aliphatic heterocycles. The number of rotatable bonds is 3. The van der Waals surface area contributed by atoms with Gasteiger partial charge in [-0.25, -0.2) is 0 Å². The van der Waals surface area contributed by atoms with E-state index in [1.807, 2.05) is 0 Å². The van der Waals surface area contributed by atoms with E-state index in [1.165, 1.54) is 6.92 Å². The van der Waals surface area contributed by atoms with Crippen LogP contribution in [0.15, 0.2) is 42.7 Å². The molecular weight excluding hydrogens is 357 g/mol. The van der Waals surface area contributed by atoms with Crippen molar-refractivity contribution >= 4 is 34.1 Å². The van der Waals surface area contributed by atoms with Crippen molar-refractivity contribution < 1.29 is 18.0 Å². The molecule has 9 heteroatoms. The number of halogens is 4. The van der Waals surface area contributed by atoms with Gasteiger partial charge in [-0.1, -0.05) is 11.6 Å². The molecule has 1 unspecified atom stereocenters. The van der Waals surface area contributed by atoms with Crippen molar-refractivity contribution in [3.63, 3.8) is 0 Å². The second-order valence-corrected chi connectivity index (χ2v) is 5.75. The first-order valence-electron chi connectivity index (χ1n) is 7.24. The minimum Gasteiger partial charge on any atom is -0.322 e. The third kappa shape index (κ3) is 3.43. The Bertz CT molecular complexity index is 939. The van der Waals surface area contributed by atoms with Crippen LogP contribution < -0.4 is 5.32 Å². The first-order chi connectivity index (χ1) is 11.8. The number of nitrogens with one attached hydrogen (secondary N) is 1. The number of carbonyl (C=O) groups is 1. The van der Waals surface area contributed by atoms with Crippen LogP contribution in [0.1, 0.15) is 18.7 Å². The van der Waals surface area contributed by atoms with Crippen LogP contribution in [0.3, 0.4) is 0 Å². The molecule has 5 nitrogen and oxygen atoms in total. The van der Waals surface area contributed by atoms with Crippen LogP contribution in [-0.2, 0) is 11.0 Å². The van der Waals surface area contributed by atoms with Crippen molar-refractivity contribution in [1.29, 1.82) is 0 Å². The van der Waals surface area contributed by atoms with Gasteiger partial charge in [0, 0.05) is 17.8 Å². The second kappa shape index (κ2) is 6.36. The minimum absolute atomic E-state index is 0.417. The Morgan fingerprint density at radius 1 is 1.28 bits per heavy atom. The summed E-state index contributed by atoms with van der Waals surface area (Å²) >= 11 is 6.10. The molecule has 0 saturated carbocycles. The van der Waals surface area contributed by atoms with Crippen LogP contribution in [0.25, 0.3) is 10.9 Å². The molecule has 0 fully saturated rings. The molecule has 2 aromatic heterocycles. The van der Waals surface area contributed by atoms with Gasteiger partial charge >= 0.3 is 6.18 Å². The number of nitrogens with zero attached hydrogens (tertiary/aromatic N) is 3.